The van der Waals surface area contributed by atoms with Gasteiger partial charge in [-0.2, -0.15) is 0 Å². The van der Waals surface area contributed by atoms with E-state index < -0.39 is 0 Å². The van der Waals surface area contributed by atoms with Gasteiger partial charge >= 0.3 is 0 Å². The topological polar surface area (TPSA) is 68.0 Å². The first-order valence-electron chi connectivity index (χ1n) is 5.87. The molecule has 0 saturated heterocycles. The van der Waals surface area contributed by atoms with Crippen LogP contribution >= 0.6 is 11.6 Å². The number of carbonyl (C=O) groups is 1. The molecule has 1 aromatic carbocycles. The van der Waals surface area contributed by atoms with Crippen molar-refractivity contribution in [1.29, 1.82) is 0 Å². The Morgan fingerprint density at radius 3 is 2.68 bits per heavy atom. The molecule has 0 unspecified atom stereocenters. The number of hydrogen-bond acceptors (Lipinski definition) is 3. The van der Waals surface area contributed by atoms with Crippen LogP contribution in [0.3, 0.4) is 0 Å². The minimum Gasteiger partial charge on any atom is -0.326 e. The number of anilines is 1. The summed E-state index contributed by atoms with van der Waals surface area (Å²) in [5.74, 6) is -0.143. The van der Waals surface area contributed by atoms with Crippen LogP contribution in [0.4, 0.5) is 5.69 Å². The summed E-state index contributed by atoms with van der Waals surface area (Å²) < 4.78 is 0. The van der Waals surface area contributed by atoms with Gasteiger partial charge in [-0.25, -0.2) is 0 Å². The highest BCUT2D eigenvalue weighted by Crippen LogP contribution is 2.19. The molecule has 1 aromatic heterocycles. The van der Waals surface area contributed by atoms with Gasteiger partial charge in [0.1, 0.15) is 0 Å². The lowest BCUT2D eigenvalue weighted by atomic mass is 10.0. The maximum atomic E-state index is 12.0. The van der Waals surface area contributed by atoms with E-state index in [0.29, 0.717) is 17.3 Å². The highest BCUT2D eigenvalue weighted by atomic mass is 35.5. The van der Waals surface area contributed by atoms with Crippen molar-refractivity contribution in [2.24, 2.45) is 5.73 Å². The third-order valence-electron chi connectivity index (χ3n) is 2.73. The summed E-state index contributed by atoms with van der Waals surface area (Å²) in [6.45, 7) is 0.414. The van der Waals surface area contributed by atoms with Gasteiger partial charge in [0.05, 0.1) is 23.3 Å². The van der Waals surface area contributed by atoms with Crippen LogP contribution < -0.4 is 11.1 Å². The first-order chi connectivity index (χ1) is 9.20. The Bertz CT molecular complexity index is 586. The average molecular weight is 276 g/mol. The highest BCUT2D eigenvalue weighted by Gasteiger charge is 2.09. The second kappa shape index (κ2) is 6.31. The summed E-state index contributed by atoms with van der Waals surface area (Å²) >= 11 is 5.96. The van der Waals surface area contributed by atoms with E-state index in [0.717, 1.165) is 11.1 Å². The van der Waals surface area contributed by atoms with E-state index in [4.69, 9.17) is 17.3 Å². The molecule has 0 aliphatic heterocycles. The van der Waals surface area contributed by atoms with Gasteiger partial charge in [0.2, 0.25) is 5.91 Å². The second-order valence-corrected chi connectivity index (χ2v) is 4.46. The molecule has 4 nitrogen and oxygen atoms in total. The Morgan fingerprint density at radius 2 is 2.00 bits per heavy atom. The quantitative estimate of drug-likeness (QED) is 0.900. The first kappa shape index (κ1) is 13.5. The molecular formula is C14H14ClN3O. The molecule has 0 aliphatic carbocycles. The fraction of sp³-hybridized carbons (Fsp3) is 0.143. The smallest absolute Gasteiger partial charge is 0.228 e. The van der Waals surface area contributed by atoms with Gasteiger partial charge in [-0.1, -0.05) is 35.9 Å². The number of nitrogens with two attached hydrogens (primary N) is 1. The second-order valence-electron chi connectivity index (χ2n) is 4.05. The van der Waals surface area contributed by atoms with Crippen LogP contribution in [0.1, 0.15) is 11.1 Å². The van der Waals surface area contributed by atoms with Gasteiger partial charge in [-0.05, 0) is 17.2 Å². The molecule has 19 heavy (non-hydrogen) atoms. The largest absolute Gasteiger partial charge is 0.326 e. The van der Waals surface area contributed by atoms with Gasteiger partial charge in [0.25, 0.3) is 0 Å². The molecule has 0 aliphatic rings. The molecule has 0 bridgehead atoms. The van der Waals surface area contributed by atoms with E-state index in [1.54, 1.807) is 12.3 Å². The van der Waals surface area contributed by atoms with E-state index in [1.807, 2.05) is 24.3 Å². The van der Waals surface area contributed by atoms with E-state index in [9.17, 15) is 4.79 Å². The Hall–Kier alpha value is -1.91. The van der Waals surface area contributed by atoms with Crippen LogP contribution in [0.5, 0.6) is 0 Å². The Labute approximate surface area is 116 Å². The highest BCUT2D eigenvalue weighted by molar-refractivity contribution is 6.33. The third kappa shape index (κ3) is 3.53. The van der Waals surface area contributed by atoms with Crippen LogP contribution in [0.25, 0.3) is 0 Å². The Morgan fingerprint density at radius 1 is 1.26 bits per heavy atom. The van der Waals surface area contributed by atoms with Crippen LogP contribution in [0, 0.1) is 0 Å². The third-order valence-corrected chi connectivity index (χ3v) is 3.06. The SMILES string of the molecule is NCc1ccccc1CC(=O)Nc1cnccc1Cl. The van der Waals surface area contributed by atoms with Crippen molar-refractivity contribution >= 4 is 23.2 Å². The number of hydrogen-bond donors (Lipinski definition) is 2. The number of nitrogens with zero attached hydrogens (tertiary/aromatic N) is 1. The van der Waals surface area contributed by atoms with Crippen molar-refractivity contribution in [3.05, 3.63) is 58.9 Å². The molecule has 1 amide bonds. The van der Waals surface area contributed by atoms with E-state index >= 15 is 0 Å². The molecule has 0 fully saturated rings. The molecule has 0 spiro atoms. The van der Waals surface area contributed by atoms with Crippen LogP contribution in [0.2, 0.25) is 5.02 Å². The van der Waals surface area contributed by atoms with Gasteiger partial charge in [-0.3, -0.25) is 9.78 Å². The van der Waals surface area contributed by atoms with E-state index in [1.165, 1.54) is 6.20 Å². The summed E-state index contributed by atoms with van der Waals surface area (Å²) in [5.41, 5.74) is 8.04. The molecular weight excluding hydrogens is 262 g/mol. The fourth-order valence-corrected chi connectivity index (χ4v) is 1.92. The van der Waals surface area contributed by atoms with Gasteiger partial charge < -0.3 is 11.1 Å². The van der Waals surface area contributed by atoms with E-state index in [-0.39, 0.29) is 12.3 Å². The average Bonchev–Trinajstić information content (AvgIpc) is 2.42. The number of halogens is 1. The first-order valence-corrected chi connectivity index (χ1v) is 6.24. The molecule has 1 heterocycles. The maximum absolute atomic E-state index is 12.0. The zero-order valence-corrected chi connectivity index (χ0v) is 11.0. The summed E-state index contributed by atoms with van der Waals surface area (Å²) in [4.78, 5) is 15.9. The van der Waals surface area contributed by atoms with Crippen molar-refractivity contribution < 1.29 is 4.79 Å². The number of benzene rings is 1. The standard InChI is InChI=1S/C14H14ClN3O/c15-12-5-6-17-9-13(12)18-14(19)7-10-3-1-2-4-11(10)8-16/h1-6,9H,7-8,16H2,(H,18,19). The number of amides is 1. The lowest BCUT2D eigenvalue weighted by molar-refractivity contribution is -0.115. The number of aromatic nitrogens is 1. The molecule has 5 heteroatoms. The molecule has 0 atom stereocenters. The molecule has 3 N–H and O–H groups in total. The van der Waals surface area contributed by atoms with Crippen molar-refractivity contribution in [2.45, 2.75) is 13.0 Å². The normalized spacial score (nSPS) is 10.2. The lowest BCUT2D eigenvalue weighted by Crippen LogP contribution is -2.16. The Kier molecular flexibility index (Phi) is 4.49. The summed E-state index contributed by atoms with van der Waals surface area (Å²) in [5, 5.41) is 3.20. The molecule has 98 valence electrons. The predicted molar refractivity (Wildman–Crippen MR) is 75.9 cm³/mol. The maximum Gasteiger partial charge on any atom is 0.228 e. The van der Waals surface area contributed by atoms with Crippen molar-refractivity contribution in [1.82, 2.24) is 4.98 Å². The zero-order chi connectivity index (χ0) is 13.7. The summed E-state index contributed by atoms with van der Waals surface area (Å²) in [7, 11) is 0. The lowest BCUT2D eigenvalue weighted by Gasteiger charge is -2.09. The van der Waals surface area contributed by atoms with Crippen LogP contribution in [-0.2, 0) is 17.8 Å². The van der Waals surface area contributed by atoms with Crippen LogP contribution in [0.15, 0.2) is 42.7 Å². The monoisotopic (exact) mass is 275 g/mol. The number of pyridine rings is 1. The zero-order valence-electron chi connectivity index (χ0n) is 10.3. The van der Waals surface area contributed by atoms with Gasteiger partial charge in [0.15, 0.2) is 0 Å². The molecule has 0 saturated carbocycles. The Balaban J connectivity index is 2.08. The minimum absolute atomic E-state index is 0.143. The van der Waals surface area contributed by atoms with Gasteiger partial charge in [0, 0.05) is 12.7 Å². The van der Waals surface area contributed by atoms with E-state index in [2.05, 4.69) is 10.3 Å². The number of nitrogens with one attached hydrogen (secondary N) is 1. The predicted octanol–water partition coefficient (Wildman–Crippen LogP) is 2.37. The minimum atomic E-state index is -0.143. The summed E-state index contributed by atoms with van der Waals surface area (Å²) in [6, 6.07) is 9.23. The molecule has 0 radical (unpaired) electrons. The van der Waals surface area contributed by atoms with Crippen LogP contribution in [-0.4, -0.2) is 10.9 Å². The molecule has 2 rings (SSSR count). The van der Waals surface area contributed by atoms with Crippen molar-refractivity contribution in [3.8, 4) is 0 Å². The van der Waals surface area contributed by atoms with Crippen molar-refractivity contribution in [3.63, 3.8) is 0 Å². The number of rotatable bonds is 4. The van der Waals surface area contributed by atoms with Crippen molar-refractivity contribution in [2.75, 3.05) is 5.32 Å². The summed E-state index contributed by atoms with van der Waals surface area (Å²) in [6.07, 6.45) is 3.36. The molecule has 2 aromatic rings. The van der Waals surface area contributed by atoms with Gasteiger partial charge in [-0.15, -0.1) is 0 Å². The number of carbonyl (C=O) groups excluding carboxylic acids is 1. The fourth-order valence-electron chi connectivity index (χ4n) is 1.77.